The number of halogens is 1. The van der Waals surface area contributed by atoms with Crippen molar-refractivity contribution in [2.75, 3.05) is 5.32 Å². The molecule has 0 unspecified atom stereocenters. The van der Waals surface area contributed by atoms with Gasteiger partial charge in [-0.15, -0.1) is 0 Å². The van der Waals surface area contributed by atoms with Gasteiger partial charge >= 0.3 is 0 Å². The first-order valence-corrected chi connectivity index (χ1v) is 9.18. The van der Waals surface area contributed by atoms with Crippen LogP contribution in [0.4, 0.5) is 5.69 Å². The molecule has 1 aromatic carbocycles. The minimum absolute atomic E-state index is 0.177. The van der Waals surface area contributed by atoms with E-state index < -0.39 is 5.54 Å². The second kappa shape index (κ2) is 7.19. The van der Waals surface area contributed by atoms with Crippen LogP contribution in [0, 0.1) is 20.8 Å². The molecule has 2 aromatic heterocycles. The molecule has 6 nitrogen and oxygen atoms in total. The fourth-order valence-electron chi connectivity index (χ4n) is 2.88. The number of aryl methyl sites for hydroxylation is 2. The largest absolute Gasteiger partial charge is 0.321 e. The first-order valence-electron chi connectivity index (χ1n) is 8.80. The molecule has 0 saturated carbocycles. The summed E-state index contributed by atoms with van der Waals surface area (Å²) in [5.41, 5.74) is 3.93. The fraction of sp³-hybridized carbons (Fsp3) is 0.350. The van der Waals surface area contributed by atoms with Gasteiger partial charge in [-0.3, -0.25) is 14.2 Å². The zero-order valence-electron chi connectivity index (χ0n) is 16.2. The lowest BCUT2D eigenvalue weighted by Crippen LogP contribution is -2.40. The average Bonchev–Trinajstić information content (AvgIpc) is 3.16. The maximum atomic E-state index is 12.9. The van der Waals surface area contributed by atoms with E-state index in [1.165, 1.54) is 11.8 Å². The molecule has 1 N–H and O–H groups in total. The van der Waals surface area contributed by atoms with Gasteiger partial charge in [0.2, 0.25) is 0 Å². The Morgan fingerprint density at radius 1 is 1.19 bits per heavy atom. The number of amides is 1. The van der Waals surface area contributed by atoms with Crippen LogP contribution in [-0.2, 0) is 16.9 Å². The molecule has 0 aliphatic rings. The van der Waals surface area contributed by atoms with Crippen molar-refractivity contribution < 1.29 is 4.79 Å². The molecule has 0 radical (unpaired) electrons. The van der Waals surface area contributed by atoms with Gasteiger partial charge in [-0.25, -0.2) is 0 Å². The molecule has 27 heavy (non-hydrogen) atoms. The number of carbonyl (C=O) groups is 1. The molecular weight excluding hydrogens is 362 g/mol. The highest BCUT2D eigenvalue weighted by molar-refractivity contribution is 6.30. The van der Waals surface area contributed by atoms with Crippen molar-refractivity contribution in [3.8, 4) is 0 Å². The van der Waals surface area contributed by atoms with Crippen LogP contribution in [0.5, 0.6) is 0 Å². The van der Waals surface area contributed by atoms with Crippen molar-refractivity contribution in [3.05, 3.63) is 64.2 Å². The number of rotatable bonds is 5. The van der Waals surface area contributed by atoms with Crippen LogP contribution >= 0.6 is 11.6 Å². The lowest BCUT2D eigenvalue weighted by Gasteiger charge is -2.24. The number of hydrogen-bond acceptors (Lipinski definition) is 3. The molecule has 2 heterocycles. The van der Waals surface area contributed by atoms with E-state index in [2.05, 4.69) is 46.7 Å². The summed E-state index contributed by atoms with van der Waals surface area (Å²) < 4.78 is 3.47. The third-order valence-corrected chi connectivity index (χ3v) is 4.95. The van der Waals surface area contributed by atoms with E-state index in [9.17, 15) is 4.79 Å². The second-order valence-corrected chi connectivity index (χ2v) is 7.74. The number of hydrogen-bond donors (Lipinski definition) is 1. The van der Waals surface area contributed by atoms with Crippen molar-refractivity contribution in [1.82, 2.24) is 19.6 Å². The van der Waals surface area contributed by atoms with Gasteiger partial charge in [0.25, 0.3) is 5.91 Å². The van der Waals surface area contributed by atoms with Crippen molar-refractivity contribution in [1.29, 1.82) is 0 Å². The minimum Gasteiger partial charge on any atom is -0.321 e. The highest BCUT2D eigenvalue weighted by Gasteiger charge is 2.32. The lowest BCUT2D eigenvalue weighted by atomic mass is 10.0. The molecule has 1 amide bonds. The Balaban J connectivity index is 1.82. The van der Waals surface area contributed by atoms with E-state index in [-0.39, 0.29) is 5.91 Å². The van der Waals surface area contributed by atoms with Gasteiger partial charge in [-0.05, 0) is 40.2 Å². The molecule has 0 aliphatic heterocycles. The maximum absolute atomic E-state index is 12.9. The van der Waals surface area contributed by atoms with Crippen LogP contribution in [0.1, 0.15) is 36.4 Å². The van der Waals surface area contributed by atoms with Gasteiger partial charge in [0.1, 0.15) is 5.54 Å². The van der Waals surface area contributed by atoms with E-state index in [0.717, 1.165) is 22.6 Å². The van der Waals surface area contributed by atoms with Crippen LogP contribution in [0.25, 0.3) is 0 Å². The summed E-state index contributed by atoms with van der Waals surface area (Å²) in [6.07, 6.45) is 3.16. The summed E-state index contributed by atoms with van der Waals surface area (Å²) in [5.74, 6) is -0.177. The predicted molar refractivity (Wildman–Crippen MR) is 107 cm³/mol. The molecule has 0 fully saturated rings. The van der Waals surface area contributed by atoms with Crippen molar-refractivity contribution >= 4 is 23.2 Å². The average molecular weight is 386 g/mol. The van der Waals surface area contributed by atoms with Gasteiger partial charge in [0.05, 0.1) is 34.8 Å². The molecular formula is C20H24ClN5O. The summed E-state index contributed by atoms with van der Waals surface area (Å²) in [6.45, 7) is 10.2. The molecule has 0 atom stereocenters. The summed E-state index contributed by atoms with van der Waals surface area (Å²) in [5, 5.41) is 12.3. The first-order chi connectivity index (χ1) is 12.7. The zero-order valence-corrected chi connectivity index (χ0v) is 17.0. The molecule has 3 aromatic rings. The second-order valence-electron chi connectivity index (χ2n) is 7.31. The van der Waals surface area contributed by atoms with Gasteiger partial charge in [0.15, 0.2) is 0 Å². The number of anilines is 1. The van der Waals surface area contributed by atoms with Crippen LogP contribution in [0.15, 0.2) is 36.7 Å². The first kappa shape index (κ1) is 19.2. The highest BCUT2D eigenvalue weighted by atomic mass is 35.5. The topological polar surface area (TPSA) is 64.7 Å². The quantitative estimate of drug-likeness (QED) is 0.719. The Labute approximate surface area is 164 Å². The predicted octanol–water partition coefficient (Wildman–Crippen LogP) is 4.08. The third-order valence-electron chi connectivity index (χ3n) is 4.75. The van der Waals surface area contributed by atoms with E-state index >= 15 is 0 Å². The van der Waals surface area contributed by atoms with Gasteiger partial charge in [-0.1, -0.05) is 41.4 Å². The summed E-state index contributed by atoms with van der Waals surface area (Å²) in [4.78, 5) is 12.9. The third kappa shape index (κ3) is 3.90. The summed E-state index contributed by atoms with van der Waals surface area (Å²) >= 11 is 5.94. The molecule has 0 spiro atoms. The van der Waals surface area contributed by atoms with Gasteiger partial charge in [0, 0.05) is 6.20 Å². The van der Waals surface area contributed by atoms with E-state index in [0.29, 0.717) is 11.6 Å². The van der Waals surface area contributed by atoms with Crippen LogP contribution in [0.2, 0.25) is 5.02 Å². The number of nitrogens with zero attached hydrogens (tertiary/aromatic N) is 4. The fourth-order valence-corrected chi connectivity index (χ4v) is 3.01. The Hall–Kier alpha value is -2.60. The maximum Gasteiger partial charge on any atom is 0.251 e. The van der Waals surface area contributed by atoms with Crippen molar-refractivity contribution in [2.45, 2.75) is 46.7 Å². The van der Waals surface area contributed by atoms with Crippen molar-refractivity contribution in [2.24, 2.45) is 0 Å². The number of carbonyl (C=O) groups excluding carboxylic acids is 1. The van der Waals surface area contributed by atoms with Crippen molar-refractivity contribution in [3.63, 3.8) is 0 Å². The Bertz CT molecular complexity index is 969. The lowest BCUT2D eigenvalue weighted by molar-refractivity contribution is -0.123. The number of aromatic nitrogens is 4. The molecule has 0 bridgehead atoms. The Morgan fingerprint density at radius 3 is 2.44 bits per heavy atom. The van der Waals surface area contributed by atoms with Gasteiger partial charge in [-0.2, -0.15) is 10.2 Å². The van der Waals surface area contributed by atoms with E-state index in [4.69, 9.17) is 11.6 Å². The smallest absolute Gasteiger partial charge is 0.251 e. The monoisotopic (exact) mass is 385 g/mol. The summed E-state index contributed by atoms with van der Waals surface area (Å²) in [7, 11) is 0. The minimum atomic E-state index is -0.884. The Morgan fingerprint density at radius 2 is 1.85 bits per heavy atom. The van der Waals surface area contributed by atoms with Crippen LogP contribution < -0.4 is 5.32 Å². The molecule has 3 rings (SSSR count). The molecule has 7 heteroatoms. The van der Waals surface area contributed by atoms with E-state index in [1.54, 1.807) is 24.7 Å². The molecule has 142 valence electrons. The molecule has 0 saturated heterocycles. The number of nitrogens with one attached hydrogen (secondary N) is 1. The summed E-state index contributed by atoms with van der Waals surface area (Å²) in [6, 6.07) is 8.35. The zero-order chi connectivity index (χ0) is 19.8. The Kier molecular flexibility index (Phi) is 5.11. The molecule has 0 aliphatic carbocycles. The van der Waals surface area contributed by atoms with E-state index in [1.807, 2.05) is 18.5 Å². The standard InChI is InChI=1S/C20H24ClN5O/c1-13-6-8-16(9-7-13)11-25-15(3)18(14(2)24-25)23-19(27)20(4,5)26-12-17(21)10-22-26/h6-10,12H,11H2,1-5H3,(H,23,27). The SMILES string of the molecule is Cc1ccc(Cn2nc(C)c(NC(=O)C(C)(C)n3cc(Cl)cn3)c2C)cc1. The van der Waals surface area contributed by atoms with Gasteiger partial charge < -0.3 is 5.32 Å². The van der Waals surface area contributed by atoms with Crippen LogP contribution in [-0.4, -0.2) is 25.5 Å². The normalized spacial score (nSPS) is 11.6. The van der Waals surface area contributed by atoms with Crippen LogP contribution in [0.3, 0.4) is 0 Å². The highest BCUT2D eigenvalue weighted by Crippen LogP contribution is 2.24. The number of benzene rings is 1.